The highest BCUT2D eigenvalue weighted by Gasteiger charge is 2.39. The van der Waals surface area contributed by atoms with Crippen LogP contribution in [0.3, 0.4) is 0 Å². The van der Waals surface area contributed by atoms with Crippen molar-refractivity contribution in [1.29, 1.82) is 0 Å². The second kappa shape index (κ2) is 8.33. The van der Waals surface area contributed by atoms with Gasteiger partial charge in [-0.15, -0.1) is 0 Å². The van der Waals surface area contributed by atoms with Gasteiger partial charge in [-0.3, -0.25) is 9.48 Å². The molecular formula is C24H29FN6O. The Hall–Kier alpha value is -3.29. The van der Waals surface area contributed by atoms with Crippen LogP contribution in [0.4, 0.5) is 10.3 Å². The van der Waals surface area contributed by atoms with Gasteiger partial charge in [0, 0.05) is 69.2 Å². The summed E-state index contributed by atoms with van der Waals surface area (Å²) < 4.78 is 16.2. The van der Waals surface area contributed by atoms with Gasteiger partial charge in [-0.25, -0.2) is 14.4 Å². The predicted molar refractivity (Wildman–Crippen MR) is 122 cm³/mol. The van der Waals surface area contributed by atoms with Crippen molar-refractivity contribution in [3.05, 3.63) is 59.9 Å². The van der Waals surface area contributed by atoms with Crippen LogP contribution in [0, 0.1) is 5.82 Å². The highest BCUT2D eigenvalue weighted by Crippen LogP contribution is 2.36. The lowest BCUT2D eigenvalue weighted by atomic mass is 9.83. The standard InChI is InChI=1S/C24H29FN6O/c1-24(2,19-8-6-7-9-20(19)25)22(32)31-11-10-16(15-31)21-18(17-12-27-30(5)14-17)13-26-23(28-21)29(3)4/h6-9,12-14,16H,10-11,15H2,1-5H3/t16-/m1/s1. The average Bonchev–Trinajstić information content (AvgIpc) is 3.42. The number of carbonyl (C=O) groups is 1. The van der Waals surface area contributed by atoms with Crippen molar-refractivity contribution in [1.82, 2.24) is 24.6 Å². The van der Waals surface area contributed by atoms with Gasteiger partial charge >= 0.3 is 0 Å². The van der Waals surface area contributed by atoms with Crippen LogP contribution in [-0.2, 0) is 17.3 Å². The Kier molecular flexibility index (Phi) is 5.71. The van der Waals surface area contributed by atoms with E-state index in [1.165, 1.54) is 6.07 Å². The van der Waals surface area contributed by atoms with Crippen molar-refractivity contribution in [3.63, 3.8) is 0 Å². The number of amides is 1. The van der Waals surface area contributed by atoms with E-state index in [0.717, 1.165) is 23.2 Å². The van der Waals surface area contributed by atoms with Crippen molar-refractivity contribution in [2.75, 3.05) is 32.1 Å². The largest absolute Gasteiger partial charge is 0.347 e. The summed E-state index contributed by atoms with van der Waals surface area (Å²) in [5, 5.41) is 4.29. The van der Waals surface area contributed by atoms with Crippen LogP contribution < -0.4 is 4.90 Å². The van der Waals surface area contributed by atoms with Gasteiger partial charge < -0.3 is 9.80 Å². The molecule has 3 heterocycles. The molecule has 0 saturated carbocycles. The number of benzene rings is 1. The Morgan fingerprint density at radius 1 is 1.22 bits per heavy atom. The van der Waals surface area contributed by atoms with E-state index < -0.39 is 5.41 Å². The summed E-state index contributed by atoms with van der Waals surface area (Å²) in [6.07, 6.45) is 6.37. The molecule has 168 valence electrons. The van der Waals surface area contributed by atoms with Gasteiger partial charge in [0.05, 0.1) is 17.3 Å². The van der Waals surface area contributed by atoms with Crippen molar-refractivity contribution in [2.45, 2.75) is 31.6 Å². The first-order valence-corrected chi connectivity index (χ1v) is 10.8. The molecule has 3 aromatic rings. The lowest BCUT2D eigenvalue weighted by molar-refractivity contribution is -0.135. The first-order chi connectivity index (χ1) is 15.2. The van der Waals surface area contributed by atoms with E-state index in [1.54, 1.807) is 42.9 Å². The van der Waals surface area contributed by atoms with E-state index in [4.69, 9.17) is 4.98 Å². The number of carbonyl (C=O) groups excluding carboxylic acids is 1. The lowest BCUT2D eigenvalue weighted by Gasteiger charge is -2.30. The second-order valence-electron chi connectivity index (χ2n) is 9.11. The maximum atomic E-state index is 14.4. The van der Waals surface area contributed by atoms with Crippen LogP contribution in [0.15, 0.2) is 42.9 Å². The van der Waals surface area contributed by atoms with E-state index in [-0.39, 0.29) is 17.6 Å². The maximum Gasteiger partial charge on any atom is 0.232 e. The molecule has 0 N–H and O–H groups in total. The molecule has 0 radical (unpaired) electrons. The molecule has 2 aromatic heterocycles. The minimum absolute atomic E-state index is 0.0623. The second-order valence-corrected chi connectivity index (χ2v) is 9.11. The number of aromatic nitrogens is 4. The molecule has 4 rings (SSSR count). The normalized spacial score (nSPS) is 16.4. The quantitative estimate of drug-likeness (QED) is 0.614. The number of likely N-dealkylation sites (tertiary alicyclic amines) is 1. The molecule has 7 nitrogen and oxygen atoms in total. The molecule has 0 aliphatic carbocycles. The molecule has 1 fully saturated rings. The van der Waals surface area contributed by atoms with Gasteiger partial charge in [0.2, 0.25) is 11.9 Å². The predicted octanol–water partition coefficient (Wildman–Crippen LogP) is 3.38. The summed E-state index contributed by atoms with van der Waals surface area (Å²) in [5.74, 6) is 0.262. The third kappa shape index (κ3) is 3.97. The monoisotopic (exact) mass is 436 g/mol. The van der Waals surface area contributed by atoms with Crippen LogP contribution in [-0.4, -0.2) is 57.7 Å². The zero-order valence-electron chi connectivity index (χ0n) is 19.2. The van der Waals surface area contributed by atoms with E-state index in [1.807, 2.05) is 43.3 Å². The number of hydrogen-bond acceptors (Lipinski definition) is 5. The Balaban J connectivity index is 1.63. The summed E-state index contributed by atoms with van der Waals surface area (Å²) in [6, 6.07) is 6.50. The zero-order chi connectivity index (χ0) is 23.0. The Morgan fingerprint density at radius 2 is 1.97 bits per heavy atom. The highest BCUT2D eigenvalue weighted by atomic mass is 19.1. The summed E-state index contributed by atoms with van der Waals surface area (Å²) in [7, 11) is 5.69. The Bertz CT molecular complexity index is 1140. The molecule has 0 unspecified atom stereocenters. The van der Waals surface area contributed by atoms with Gasteiger partial charge in [0.15, 0.2) is 0 Å². The average molecular weight is 437 g/mol. The highest BCUT2D eigenvalue weighted by molar-refractivity contribution is 5.87. The minimum atomic E-state index is -0.952. The van der Waals surface area contributed by atoms with Crippen molar-refractivity contribution in [3.8, 4) is 11.1 Å². The fourth-order valence-electron chi connectivity index (χ4n) is 4.34. The SMILES string of the molecule is CN(C)c1ncc(-c2cnn(C)c2)c([C@@H]2CCN(C(=O)C(C)(C)c3ccccc3F)C2)n1. The fourth-order valence-corrected chi connectivity index (χ4v) is 4.34. The smallest absolute Gasteiger partial charge is 0.232 e. The Labute approximate surface area is 187 Å². The van der Waals surface area contributed by atoms with E-state index >= 15 is 0 Å². The first-order valence-electron chi connectivity index (χ1n) is 10.8. The third-order valence-electron chi connectivity index (χ3n) is 6.17. The van der Waals surface area contributed by atoms with Gasteiger partial charge in [-0.05, 0) is 26.3 Å². The van der Waals surface area contributed by atoms with Crippen molar-refractivity contribution < 1.29 is 9.18 Å². The van der Waals surface area contributed by atoms with Gasteiger partial charge in [0.1, 0.15) is 5.82 Å². The molecule has 0 bridgehead atoms. The number of aryl methyl sites for hydroxylation is 1. The maximum absolute atomic E-state index is 14.4. The number of nitrogens with zero attached hydrogens (tertiary/aromatic N) is 6. The molecule has 1 aliphatic heterocycles. The Morgan fingerprint density at radius 3 is 2.62 bits per heavy atom. The number of hydrogen-bond donors (Lipinski definition) is 0. The third-order valence-corrected chi connectivity index (χ3v) is 6.17. The number of anilines is 1. The van der Waals surface area contributed by atoms with Crippen LogP contribution in [0.1, 0.15) is 37.4 Å². The van der Waals surface area contributed by atoms with Crippen LogP contribution in [0.25, 0.3) is 11.1 Å². The molecule has 1 amide bonds. The molecule has 1 saturated heterocycles. The zero-order valence-corrected chi connectivity index (χ0v) is 19.2. The van der Waals surface area contributed by atoms with Crippen LogP contribution in [0.5, 0.6) is 0 Å². The van der Waals surface area contributed by atoms with E-state index in [9.17, 15) is 9.18 Å². The summed E-state index contributed by atoms with van der Waals surface area (Å²) in [4.78, 5) is 26.5. The molecule has 1 atom stereocenters. The molecule has 1 aliphatic rings. The topological polar surface area (TPSA) is 67.2 Å². The lowest BCUT2D eigenvalue weighted by Crippen LogP contribution is -2.42. The summed E-state index contributed by atoms with van der Waals surface area (Å²) in [5.41, 5.74) is 2.25. The number of halogens is 1. The van der Waals surface area contributed by atoms with Crippen LogP contribution >= 0.6 is 0 Å². The minimum Gasteiger partial charge on any atom is -0.347 e. The molecule has 0 spiro atoms. The van der Waals surface area contributed by atoms with Crippen molar-refractivity contribution >= 4 is 11.9 Å². The van der Waals surface area contributed by atoms with E-state index in [0.29, 0.717) is 24.6 Å². The van der Waals surface area contributed by atoms with Crippen LogP contribution in [0.2, 0.25) is 0 Å². The van der Waals surface area contributed by atoms with Gasteiger partial charge in [0.25, 0.3) is 0 Å². The summed E-state index contributed by atoms with van der Waals surface area (Å²) in [6.45, 7) is 4.72. The fraction of sp³-hybridized carbons (Fsp3) is 0.417. The first kappa shape index (κ1) is 21.9. The molecule has 8 heteroatoms. The number of rotatable bonds is 5. The summed E-state index contributed by atoms with van der Waals surface area (Å²) >= 11 is 0. The molecular weight excluding hydrogens is 407 g/mol. The van der Waals surface area contributed by atoms with E-state index in [2.05, 4.69) is 10.1 Å². The molecule has 32 heavy (non-hydrogen) atoms. The molecule has 1 aromatic carbocycles. The van der Waals surface area contributed by atoms with Gasteiger partial charge in [-0.1, -0.05) is 18.2 Å². The van der Waals surface area contributed by atoms with Gasteiger partial charge in [-0.2, -0.15) is 5.10 Å². The van der Waals surface area contributed by atoms with Crippen molar-refractivity contribution in [2.24, 2.45) is 7.05 Å².